The van der Waals surface area contributed by atoms with Gasteiger partial charge in [-0.1, -0.05) is 0 Å². The third-order valence-electron chi connectivity index (χ3n) is 3.58. The van der Waals surface area contributed by atoms with Gasteiger partial charge in [0.1, 0.15) is 0 Å². The molecule has 2 aromatic carbocycles. The number of hydrogen-bond acceptors (Lipinski definition) is 0. The molecule has 0 saturated carbocycles. The Hall–Kier alpha value is -0.0488. The summed E-state index contributed by atoms with van der Waals surface area (Å²) < 4.78 is 1.69. The zero-order valence-electron chi connectivity index (χ0n) is 11.3. The maximum atomic E-state index is 2.50. The van der Waals surface area contributed by atoms with Crippen LogP contribution in [-0.4, -0.2) is 7.63 Å². The molecule has 0 saturated heterocycles. The third-order valence-corrected chi connectivity index (χ3v) is 8.16. The Morgan fingerprint density at radius 1 is 0.895 bits per heavy atom. The van der Waals surface area contributed by atoms with Crippen molar-refractivity contribution in [2.24, 2.45) is 0 Å². The SMILES string of the molecule is Cl.Cl.[CH3][Ti]([CH3])(=[SiH2])[c]1cccc2c1Cc1ccccc1-2. The van der Waals surface area contributed by atoms with Gasteiger partial charge in [0.25, 0.3) is 0 Å². The Bertz CT molecular complexity index is 646. The van der Waals surface area contributed by atoms with Crippen molar-refractivity contribution in [3.8, 4) is 11.1 Å². The van der Waals surface area contributed by atoms with Crippen LogP contribution in [0.2, 0.25) is 10.5 Å². The molecule has 0 atom stereocenters. The van der Waals surface area contributed by atoms with E-state index in [-0.39, 0.29) is 24.8 Å². The van der Waals surface area contributed by atoms with E-state index in [4.69, 9.17) is 0 Å². The van der Waals surface area contributed by atoms with Gasteiger partial charge in [0, 0.05) is 0 Å². The van der Waals surface area contributed by atoms with Crippen molar-refractivity contribution in [1.82, 2.24) is 0 Å². The fourth-order valence-electron chi connectivity index (χ4n) is 2.79. The molecule has 0 amide bonds. The number of fused-ring (bicyclic) bond motifs is 3. The molecule has 2 aromatic rings. The minimum absolute atomic E-state index is 0. The van der Waals surface area contributed by atoms with Crippen LogP contribution < -0.4 is 3.87 Å². The average Bonchev–Trinajstić information content (AvgIpc) is 2.65. The van der Waals surface area contributed by atoms with E-state index in [2.05, 4.69) is 60.6 Å². The average molecular weight is 346 g/mol. The van der Waals surface area contributed by atoms with E-state index < -0.39 is 15.3 Å². The van der Waals surface area contributed by atoms with Crippen LogP contribution >= 0.6 is 24.8 Å². The van der Waals surface area contributed by atoms with E-state index >= 15 is 0 Å². The fraction of sp³-hybridized carbons (Fsp3) is 0.200. The van der Waals surface area contributed by atoms with E-state index in [9.17, 15) is 0 Å². The predicted octanol–water partition coefficient (Wildman–Crippen LogP) is 3.52. The summed E-state index contributed by atoms with van der Waals surface area (Å²) in [4.78, 5) is 0. The van der Waals surface area contributed by atoms with Crippen molar-refractivity contribution < 1.29 is 15.3 Å². The molecule has 0 radical (unpaired) electrons. The van der Waals surface area contributed by atoms with Crippen molar-refractivity contribution in [1.29, 1.82) is 0 Å². The Morgan fingerprint density at radius 2 is 1.53 bits per heavy atom. The first kappa shape index (κ1) is 17.0. The molecule has 1 aliphatic carbocycles. The molecule has 0 aromatic heterocycles. The summed E-state index contributed by atoms with van der Waals surface area (Å²) in [5.41, 5.74) is 6.07. The molecule has 0 fully saturated rings. The summed E-state index contributed by atoms with van der Waals surface area (Å²) in [6, 6.07) is 15.8. The summed E-state index contributed by atoms with van der Waals surface area (Å²) >= 11 is -1.71. The van der Waals surface area contributed by atoms with Gasteiger partial charge in [-0.05, 0) is 0 Å². The van der Waals surface area contributed by atoms with Crippen molar-refractivity contribution in [3.05, 3.63) is 53.6 Å². The fourth-order valence-corrected chi connectivity index (χ4v) is 6.64. The van der Waals surface area contributed by atoms with Crippen molar-refractivity contribution in [2.75, 3.05) is 0 Å². The second-order valence-corrected chi connectivity index (χ2v) is 19.6. The molecule has 3 rings (SSSR count). The Morgan fingerprint density at radius 3 is 2.21 bits per heavy atom. The molecule has 0 nitrogen and oxygen atoms in total. The molecular formula is C15H19Cl2SiTi. The van der Waals surface area contributed by atoms with Crippen LogP contribution in [0.1, 0.15) is 11.1 Å². The van der Waals surface area contributed by atoms with E-state index in [0.717, 1.165) is 6.42 Å². The molecule has 1 aliphatic rings. The van der Waals surface area contributed by atoms with Crippen molar-refractivity contribution in [2.45, 2.75) is 16.9 Å². The zero-order valence-corrected chi connectivity index (χ0v) is 15.9. The molecule has 0 bridgehead atoms. The molecule has 0 aliphatic heterocycles. The minimum atomic E-state index is -1.71. The first-order chi connectivity index (χ1) is 8.07. The van der Waals surface area contributed by atoms with Crippen LogP contribution in [0.5, 0.6) is 0 Å². The number of rotatable bonds is 1. The topological polar surface area (TPSA) is 0 Å². The molecule has 0 spiro atoms. The molecular weight excluding hydrogens is 327 g/mol. The predicted molar refractivity (Wildman–Crippen MR) is 89.1 cm³/mol. The van der Waals surface area contributed by atoms with Gasteiger partial charge < -0.3 is 0 Å². The van der Waals surface area contributed by atoms with Gasteiger partial charge in [-0.15, -0.1) is 24.8 Å². The second-order valence-electron chi connectivity index (χ2n) is 5.55. The van der Waals surface area contributed by atoms with Gasteiger partial charge in [-0.25, -0.2) is 0 Å². The Balaban J connectivity index is 0.000000902. The summed E-state index contributed by atoms with van der Waals surface area (Å²) in [5.74, 6) is 0. The molecule has 101 valence electrons. The van der Waals surface area contributed by atoms with Crippen LogP contribution in [-0.2, 0) is 21.7 Å². The van der Waals surface area contributed by atoms with Crippen LogP contribution in [0, 0.1) is 0 Å². The van der Waals surface area contributed by atoms with Crippen LogP contribution in [0.25, 0.3) is 11.1 Å². The number of hydrogen-bond donors (Lipinski definition) is 0. The quantitative estimate of drug-likeness (QED) is 0.592. The van der Waals surface area contributed by atoms with Gasteiger partial charge in [-0.3, -0.25) is 0 Å². The summed E-state index contributed by atoms with van der Waals surface area (Å²) in [7, 11) is 2.26. The summed E-state index contributed by atoms with van der Waals surface area (Å²) in [5, 5.41) is 4.99. The Labute approximate surface area is 132 Å². The van der Waals surface area contributed by atoms with Gasteiger partial charge in [-0.2, -0.15) is 0 Å². The van der Waals surface area contributed by atoms with Crippen molar-refractivity contribution in [3.63, 3.8) is 0 Å². The van der Waals surface area contributed by atoms with E-state index in [1.807, 2.05) is 0 Å². The van der Waals surface area contributed by atoms with Crippen LogP contribution in [0.15, 0.2) is 42.5 Å². The normalized spacial score (nSPS) is 11.9. The van der Waals surface area contributed by atoms with E-state index in [1.165, 1.54) is 16.7 Å². The molecule has 0 unspecified atom stereocenters. The number of halogens is 2. The molecule has 19 heavy (non-hydrogen) atoms. The van der Waals surface area contributed by atoms with E-state index in [1.54, 1.807) is 9.43 Å². The van der Waals surface area contributed by atoms with Crippen LogP contribution in [0.3, 0.4) is 0 Å². The molecule has 0 N–H and O–H groups in total. The first-order valence-corrected chi connectivity index (χ1v) is 14.1. The number of benzene rings is 2. The van der Waals surface area contributed by atoms with Gasteiger partial charge in [0.2, 0.25) is 0 Å². The first-order valence-electron chi connectivity index (χ1n) is 6.13. The summed E-state index contributed by atoms with van der Waals surface area (Å²) in [6.07, 6.45) is 1.15. The maximum absolute atomic E-state index is 2.50. The second kappa shape index (κ2) is 6.15. The summed E-state index contributed by atoms with van der Waals surface area (Å²) in [6.45, 7) is 0. The van der Waals surface area contributed by atoms with Gasteiger partial charge in [0.05, 0.1) is 0 Å². The third kappa shape index (κ3) is 3.01. The molecule has 0 heterocycles. The molecule has 4 heteroatoms. The van der Waals surface area contributed by atoms with E-state index in [0.29, 0.717) is 0 Å². The van der Waals surface area contributed by atoms with Crippen molar-refractivity contribution >= 4 is 36.3 Å². The van der Waals surface area contributed by atoms with Gasteiger partial charge >= 0.3 is 108 Å². The van der Waals surface area contributed by atoms with Crippen LogP contribution in [0.4, 0.5) is 0 Å². The monoisotopic (exact) mass is 345 g/mol. The standard InChI is InChI=1S/C13H9.2CH3.2ClH.H2Si.Ti/c1-3-7-12-10(5-1)9-11-6-2-4-8-13(11)12;;;;;;/h1-5,7-8H,9H2;2*1H3;2*1H;1H2;. The zero-order chi connectivity index (χ0) is 12.0. The Kier molecular flexibility index (Phi) is 5.51. The van der Waals surface area contributed by atoms with Gasteiger partial charge in [0.15, 0.2) is 0 Å².